The van der Waals surface area contributed by atoms with Crippen molar-refractivity contribution in [2.45, 2.75) is 13.8 Å². The molecular formula is C14H14BrN3O. The summed E-state index contributed by atoms with van der Waals surface area (Å²) in [4.78, 5) is 15.0. The second kappa shape index (κ2) is 5.84. The Morgan fingerprint density at radius 1 is 1.21 bits per heavy atom. The van der Waals surface area contributed by atoms with Crippen LogP contribution in [-0.2, 0) is 4.79 Å². The topological polar surface area (TPSA) is 54.0 Å². The van der Waals surface area contributed by atoms with Crippen molar-refractivity contribution < 1.29 is 4.79 Å². The lowest BCUT2D eigenvalue weighted by molar-refractivity contribution is -0.114. The summed E-state index contributed by atoms with van der Waals surface area (Å²) in [5, 5.41) is 5.87. The SMILES string of the molecule is CC(=O)Nc1ccc(Nc2ccc(C)c(Br)c2)cn1. The van der Waals surface area contributed by atoms with Crippen molar-refractivity contribution in [2.24, 2.45) is 0 Å². The number of nitrogens with zero attached hydrogens (tertiary/aromatic N) is 1. The lowest BCUT2D eigenvalue weighted by atomic mass is 10.2. The van der Waals surface area contributed by atoms with Gasteiger partial charge in [-0.15, -0.1) is 0 Å². The van der Waals surface area contributed by atoms with Crippen LogP contribution < -0.4 is 10.6 Å². The summed E-state index contributed by atoms with van der Waals surface area (Å²) in [5.74, 6) is 0.416. The zero-order chi connectivity index (χ0) is 13.8. The number of nitrogens with one attached hydrogen (secondary N) is 2. The third-order valence-corrected chi connectivity index (χ3v) is 3.38. The van der Waals surface area contributed by atoms with E-state index in [4.69, 9.17) is 0 Å². The third kappa shape index (κ3) is 3.79. The van der Waals surface area contributed by atoms with E-state index < -0.39 is 0 Å². The highest BCUT2D eigenvalue weighted by molar-refractivity contribution is 9.10. The van der Waals surface area contributed by atoms with Crippen LogP contribution in [0.5, 0.6) is 0 Å². The summed E-state index contributed by atoms with van der Waals surface area (Å²) in [6, 6.07) is 9.67. The summed E-state index contributed by atoms with van der Waals surface area (Å²) in [7, 11) is 0. The fraction of sp³-hybridized carbons (Fsp3) is 0.143. The average molecular weight is 320 g/mol. The molecule has 0 aliphatic carbocycles. The van der Waals surface area contributed by atoms with Crippen molar-refractivity contribution >= 4 is 39.0 Å². The number of aryl methyl sites for hydroxylation is 1. The van der Waals surface area contributed by atoms with Crippen molar-refractivity contribution in [3.63, 3.8) is 0 Å². The minimum Gasteiger partial charge on any atom is -0.354 e. The van der Waals surface area contributed by atoms with Gasteiger partial charge in [0.25, 0.3) is 0 Å². The summed E-state index contributed by atoms with van der Waals surface area (Å²) in [6.45, 7) is 3.50. The Balaban J connectivity index is 2.10. The first-order chi connectivity index (χ1) is 9.04. The summed E-state index contributed by atoms with van der Waals surface area (Å²) in [5.41, 5.74) is 3.03. The number of anilines is 3. The molecule has 5 heteroatoms. The molecule has 2 aromatic rings. The van der Waals surface area contributed by atoms with E-state index in [1.165, 1.54) is 12.5 Å². The number of carbonyl (C=O) groups excluding carboxylic acids is 1. The number of halogens is 1. The van der Waals surface area contributed by atoms with Crippen LogP contribution in [0.25, 0.3) is 0 Å². The number of benzene rings is 1. The van der Waals surface area contributed by atoms with Gasteiger partial charge in [-0.1, -0.05) is 22.0 Å². The van der Waals surface area contributed by atoms with Crippen LogP contribution in [-0.4, -0.2) is 10.9 Å². The molecule has 98 valence electrons. The van der Waals surface area contributed by atoms with E-state index in [0.717, 1.165) is 15.8 Å². The number of hydrogen-bond acceptors (Lipinski definition) is 3. The van der Waals surface area contributed by atoms with Gasteiger partial charge < -0.3 is 10.6 Å². The van der Waals surface area contributed by atoms with E-state index in [0.29, 0.717) is 5.82 Å². The second-order valence-electron chi connectivity index (χ2n) is 4.20. The molecule has 1 amide bonds. The molecule has 0 fully saturated rings. The molecule has 1 aromatic carbocycles. The lowest BCUT2D eigenvalue weighted by Gasteiger charge is -2.08. The van der Waals surface area contributed by atoms with E-state index in [2.05, 4.69) is 31.5 Å². The molecule has 0 atom stereocenters. The Morgan fingerprint density at radius 3 is 2.53 bits per heavy atom. The predicted octanol–water partition coefficient (Wildman–Crippen LogP) is 3.85. The van der Waals surface area contributed by atoms with E-state index in [9.17, 15) is 4.79 Å². The highest BCUT2D eigenvalue weighted by atomic mass is 79.9. The number of amides is 1. The molecule has 0 saturated carbocycles. The van der Waals surface area contributed by atoms with E-state index >= 15 is 0 Å². The largest absolute Gasteiger partial charge is 0.354 e. The number of hydrogen-bond donors (Lipinski definition) is 2. The van der Waals surface area contributed by atoms with Crippen LogP contribution in [0.2, 0.25) is 0 Å². The Labute approximate surface area is 120 Å². The molecule has 2 rings (SSSR count). The molecule has 0 spiro atoms. The first kappa shape index (κ1) is 13.5. The quantitative estimate of drug-likeness (QED) is 0.903. The minimum absolute atomic E-state index is 0.129. The molecule has 0 bridgehead atoms. The Hall–Kier alpha value is -1.88. The second-order valence-corrected chi connectivity index (χ2v) is 5.06. The first-order valence-corrected chi connectivity index (χ1v) is 6.61. The normalized spacial score (nSPS) is 10.1. The van der Waals surface area contributed by atoms with Crippen LogP contribution in [0.3, 0.4) is 0 Å². The van der Waals surface area contributed by atoms with Gasteiger partial charge in [-0.2, -0.15) is 0 Å². The summed E-state index contributed by atoms with van der Waals surface area (Å²) in [6.07, 6.45) is 1.68. The molecular weight excluding hydrogens is 306 g/mol. The number of rotatable bonds is 3. The standard InChI is InChI=1S/C14H14BrN3O/c1-9-3-4-11(7-13(9)15)18-12-5-6-14(16-8-12)17-10(2)19/h3-8,18H,1-2H3,(H,16,17,19). The highest BCUT2D eigenvalue weighted by Gasteiger charge is 2.00. The van der Waals surface area contributed by atoms with Gasteiger partial charge in [0.05, 0.1) is 11.9 Å². The maximum atomic E-state index is 10.9. The van der Waals surface area contributed by atoms with E-state index in [1.807, 2.05) is 31.2 Å². The molecule has 2 N–H and O–H groups in total. The molecule has 0 radical (unpaired) electrons. The highest BCUT2D eigenvalue weighted by Crippen LogP contribution is 2.23. The van der Waals surface area contributed by atoms with Gasteiger partial charge in [0.2, 0.25) is 5.91 Å². The van der Waals surface area contributed by atoms with Gasteiger partial charge in [0, 0.05) is 17.1 Å². The Morgan fingerprint density at radius 2 is 1.95 bits per heavy atom. The number of pyridine rings is 1. The van der Waals surface area contributed by atoms with Crippen molar-refractivity contribution in [3.05, 3.63) is 46.6 Å². The smallest absolute Gasteiger partial charge is 0.222 e. The van der Waals surface area contributed by atoms with Gasteiger partial charge in [-0.05, 0) is 36.8 Å². The van der Waals surface area contributed by atoms with Crippen molar-refractivity contribution in [1.29, 1.82) is 0 Å². The maximum Gasteiger partial charge on any atom is 0.222 e. The molecule has 19 heavy (non-hydrogen) atoms. The van der Waals surface area contributed by atoms with Crippen LogP contribution >= 0.6 is 15.9 Å². The molecule has 1 aromatic heterocycles. The first-order valence-electron chi connectivity index (χ1n) is 5.81. The van der Waals surface area contributed by atoms with Crippen LogP contribution in [0.15, 0.2) is 41.0 Å². The zero-order valence-electron chi connectivity index (χ0n) is 10.7. The molecule has 0 aliphatic heterocycles. The monoisotopic (exact) mass is 319 g/mol. The van der Waals surface area contributed by atoms with Crippen LogP contribution in [0.4, 0.5) is 17.2 Å². The van der Waals surface area contributed by atoms with Crippen LogP contribution in [0, 0.1) is 6.92 Å². The minimum atomic E-state index is -0.129. The van der Waals surface area contributed by atoms with Gasteiger partial charge in [0.1, 0.15) is 5.82 Å². The summed E-state index contributed by atoms with van der Waals surface area (Å²) >= 11 is 3.50. The van der Waals surface area contributed by atoms with Crippen molar-refractivity contribution in [3.8, 4) is 0 Å². The molecule has 0 aliphatic rings. The summed E-state index contributed by atoms with van der Waals surface area (Å²) < 4.78 is 1.06. The molecule has 0 saturated heterocycles. The van der Waals surface area contributed by atoms with Crippen LogP contribution in [0.1, 0.15) is 12.5 Å². The number of carbonyl (C=O) groups is 1. The predicted molar refractivity (Wildman–Crippen MR) is 80.7 cm³/mol. The Kier molecular flexibility index (Phi) is 4.16. The molecule has 0 unspecified atom stereocenters. The van der Waals surface area contributed by atoms with Gasteiger partial charge in [0.15, 0.2) is 0 Å². The van der Waals surface area contributed by atoms with Gasteiger partial charge in [-0.25, -0.2) is 4.98 Å². The van der Waals surface area contributed by atoms with E-state index in [-0.39, 0.29) is 5.91 Å². The van der Waals surface area contributed by atoms with Gasteiger partial charge >= 0.3 is 0 Å². The fourth-order valence-corrected chi connectivity index (χ4v) is 1.94. The van der Waals surface area contributed by atoms with Crippen molar-refractivity contribution in [2.75, 3.05) is 10.6 Å². The Bertz CT molecular complexity index is 596. The molecule has 4 nitrogen and oxygen atoms in total. The third-order valence-electron chi connectivity index (χ3n) is 2.53. The number of aromatic nitrogens is 1. The lowest BCUT2D eigenvalue weighted by Crippen LogP contribution is -2.07. The molecule has 1 heterocycles. The zero-order valence-corrected chi connectivity index (χ0v) is 12.3. The maximum absolute atomic E-state index is 10.9. The average Bonchev–Trinajstić information content (AvgIpc) is 2.36. The fourth-order valence-electron chi connectivity index (χ4n) is 1.56. The van der Waals surface area contributed by atoms with E-state index in [1.54, 1.807) is 12.3 Å². The van der Waals surface area contributed by atoms with Crippen molar-refractivity contribution in [1.82, 2.24) is 4.98 Å². The van der Waals surface area contributed by atoms with Gasteiger partial charge in [-0.3, -0.25) is 4.79 Å².